The Hall–Kier alpha value is -0.230. The fourth-order valence-electron chi connectivity index (χ4n) is 1.35. The van der Waals surface area contributed by atoms with E-state index in [-0.39, 0.29) is 0 Å². The van der Waals surface area contributed by atoms with Gasteiger partial charge in [0.2, 0.25) is 0 Å². The highest BCUT2D eigenvalue weighted by Gasteiger charge is 2.03. The number of nitrogens with zero attached hydrogens (tertiary/aromatic N) is 1. The molecule has 0 unspecified atom stereocenters. The van der Waals surface area contributed by atoms with Crippen molar-refractivity contribution in [2.45, 2.75) is 26.9 Å². The molecule has 0 aromatic carbocycles. The Morgan fingerprint density at radius 2 is 2.19 bits per heavy atom. The molecular formula is C11H13BrN2S2. The fraction of sp³-hybridized carbons (Fsp3) is 0.364. The fourth-order valence-corrected chi connectivity index (χ4v) is 3.68. The maximum absolute atomic E-state index is 4.50. The van der Waals surface area contributed by atoms with Gasteiger partial charge in [-0.3, -0.25) is 0 Å². The van der Waals surface area contributed by atoms with Gasteiger partial charge < -0.3 is 5.32 Å². The van der Waals surface area contributed by atoms with Crippen LogP contribution in [-0.4, -0.2) is 4.98 Å². The molecule has 2 aromatic rings. The van der Waals surface area contributed by atoms with Gasteiger partial charge in [0, 0.05) is 32.7 Å². The van der Waals surface area contributed by atoms with Crippen molar-refractivity contribution in [1.82, 2.24) is 10.3 Å². The average Bonchev–Trinajstić information content (AvgIpc) is 2.75. The third-order valence-corrected chi connectivity index (χ3v) is 5.04. The quantitative estimate of drug-likeness (QED) is 0.926. The van der Waals surface area contributed by atoms with Crippen molar-refractivity contribution in [3.05, 3.63) is 36.4 Å². The van der Waals surface area contributed by atoms with E-state index in [1.54, 1.807) is 22.7 Å². The van der Waals surface area contributed by atoms with Gasteiger partial charge >= 0.3 is 0 Å². The van der Waals surface area contributed by atoms with E-state index >= 15 is 0 Å². The molecule has 0 fully saturated rings. The monoisotopic (exact) mass is 316 g/mol. The topological polar surface area (TPSA) is 24.9 Å². The molecule has 0 spiro atoms. The number of thiazole rings is 1. The molecule has 0 amide bonds. The summed E-state index contributed by atoms with van der Waals surface area (Å²) in [5, 5.41) is 6.69. The van der Waals surface area contributed by atoms with Gasteiger partial charge in [0.05, 0.1) is 5.69 Å². The Morgan fingerprint density at radius 1 is 1.38 bits per heavy atom. The van der Waals surface area contributed by atoms with Crippen molar-refractivity contribution >= 4 is 38.6 Å². The van der Waals surface area contributed by atoms with Gasteiger partial charge in [-0.2, -0.15) is 0 Å². The van der Waals surface area contributed by atoms with Crippen LogP contribution < -0.4 is 5.32 Å². The van der Waals surface area contributed by atoms with Crippen molar-refractivity contribution in [3.63, 3.8) is 0 Å². The van der Waals surface area contributed by atoms with Crippen molar-refractivity contribution in [2.24, 2.45) is 0 Å². The smallest absolute Gasteiger partial charge is 0.107 e. The first-order chi connectivity index (χ1) is 7.65. The van der Waals surface area contributed by atoms with E-state index < -0.39 is 0 Å². The first kappa shape index (κ1) is 12.2. The Balaban J connectivity index is 1.84. The molecule has 2 nitrogen and oxygen atoms in total. The summed E-state index contributed by atoms with van der Waals surface area (Å²) in [6, 6.07) is 2.15. The molecule has 1 N–H and O–H groups in total. The maximum atomic E-state index is 4.50. The van der Waals surface area contributed by atoms with E-state index in [4.69, 9.17) is 0 Å². The number of aromatic nitrogens is 1. The number of aryl methyl sites for hydroxylation is 2. The minimum atomic E-state index is 0.856. The van der Waals surface area contributed by atoms with Gasteiger partial charge in [-0.15, -0.1) is 22.7 Å². The number of halogens is 1. The highest BCUT2D eigenvalue weighted by Crippen LogP contribution is 2.20. The molecule has 0 saturated heterocycles. The zero-order chi connectivity index (χ0) is 11.5. The van der Waals surface area contributed by atoms with E-state index in [9.17, 15) is 0 Å². The van der Waals surface area contributed by atoms with Crippen LogP contribution in [0.4, 0.5) is 0 Å². The van der Waals surface area contributed by atoms with E-state index in [1.807, 2.05) is 0 Å². The average molecular weight is 317 g/mol. The van der Waals surface area contributed by atoms with Crippen LogP contribution >= 0.6 is 38.6 Å². The minimum Gasteiger partial charge on any atom is -0.306 e. The van der Waals surface area contributed by atoms with Gasteiger partial charge in [-0.05, 0) is 35.8 Å². The summed E-state index contributed by atoms with van der Waals surface area (Å²) in [6.07, 6.45) is 0. The molecule has 0 aliphatic carbocycles. The molecule has 0 bridgehead atoms. The lowest BCUT2D eigenvalue weighted by Gasteiger charge is -1.98. The number of hydrogen-bond donors (Lipinski definition) is 1. The SMILES string of the molecule is Cc1nc(CNCc2cc(Br)cs2)sc1C. The van der Waals surface area contributed by atoms with Crippen molar-refractivity contribution < 1.29 is 0 Å². The van der Waals surface area contributed by atoms with Gasteiger partial charge in [-0.1, -0.05) is 0 Å². The lowest BCUT2D eigenvalue weighted by Crippen LogP contribution is -2.11. The lowest BCUT2D eigenvalue weighted by molar-refractivity contribution is 0.696. The predicted octanol–water partition coefficient (Wildman–Crippen LogP) is 3.87. The molecule has 0 radical (unpaired) electrons. The molecule has 86 valence electrons. The van der Waals surface area contributed by atoms with Crippen LogP contribution in [0, 0.1) is 13.8 Å². The van der Waals surface area contributed by atoms with Gasteiger partial charge in [0.15, 0.2) is 0 Å². The predicted molar refractivity (Wildman–Crippen MR) is 74.2 cm³/mol. The largest absolute Gasteiger partial charge is 0.306 e. The summed E-state index contributed by atoms with van der Waals surface area (Å²) in [7, 11) is 0. The molecule has 0 atom stereocenters. The summed E-state index contributed by atoms with van der Waals surface area (Å²) >= 11 is 7.00. The molecular weight excluding hydrogens is 304 g/mol. The molecule has 2 heterocycles. The zero-order valence-electron chi connectivity index (χ0n) is 9.21. The van der Waals surface area contributed by atoms with Crippen LogP contribution in [0.15, 0.2) is 15.9 Å². The Morgan fingerprint density at radius 3 is 2.75 bits per heavy atom. The van der Waals surface area contributed by atoms with Crippen molar-refractivity contribution in [1.29, 1.82) is 0 Å². The van der Waals surface area contributed by atoms with Crippen molar-refractivity contribution in [2.75, 3.05) is 0 Å². The summed E-state index contributed by atoms with van der Waals surface area (Å²) < 4.78 is 1.16. The maximum Gasteiger partial charge on any atom is 0.107 e. The Bertz CT molecular complexity index is 457. The highest BCUT2D eigenvalue weighted by molar-refractivity contribution is 9.10. The van der Waals surface area contributed by atoms with E-state index in [1.165, 1.54) is 14.8 Å². The molecule has 16 heavy (non-hydrogen) atoms. The van der Waals surface area contributed by atoms with Crippen LogP contribution in [0.3, 0.4) is 0 Å². The molecule has 0 aliphatic rings. The Labute approximate surface area is 112 Å². The molecule has 0 aliphatic heterocycles. The van der Waals surface area contributed by atoms with Crippen molar-refractivity contribution in [3.8, 4) is 0 Å². The summed E-state index contributed by atoms with van der Waals surface area (Å²) in [5.41, 5.74) is 1.15. The second-order valence-electron chi connectivity index (χ2n) is 3.58. The standard InChI is InChI=1S/C11H13BrN2S2/c1-7-8(2)16-11(14-7)5-13-4-10-3-9(12)6-15-10/h3,6,13H,4-5H2,1-2H3. The summed E-state index contributed by atoms with van der Waals surface area (Å²) in [6.45, 7) is 5.95. The van der Waals surface area contributed by atoms with Crippen LogP contribution in [0.25, 0.3) is 0 Å². The first-order valence-corrected chi connectivity index (χ1v) is 7.50. The minimum absolute atomic E-state index is 0.856. The number of thiophene rings is 1. The van der Waals surface area contributed by atoms with Gasteiger partial charge in [0.1, 0.15) is 5.01 Å². The zero-order valence-corrected chi connectivity index (χ0v) is 12.4. The number of rotatable bonds is 4. The third kappa shape index (κ3) is 3.13. The molecule has 0 saturated carbocycles. The lowest BCUT2D eigenvalue weighted by atomic mass is 10.4. The number of nitrogens with one attached hydrogen (secondary N) is 1. The normalized spacial score (nSPS) is 10.9. The summed E-state index contributed by atoms with van der Waals surface area (Å²) in [5.74, 6) is 0. The van der Waals surface area contributed by atoms with Crippen LogP contribution in [0.5, 0.6) is 0 Å². The first-order valence-electron chi connectivity index (χ1n) is 5.01. The third-order valence-electron chi connectivity index (χ3n) is 2.27. The van der Waals surface area contributed by atoms with E-state index in [0.717, 1.165) is 23.3 Å². The second kappa shape index (κ2) is 5.40. The molecule has 2 aromatic heterocycles. The van der Waals surface area contributed by atoms with Crippen LogP contribution in [-0.2, 0) is 13.1 Å². The molecule has 2 rings (SSSR count). The van der Waals surface area contributed by atoms with E-state index in [2.05, 4.69) is 51.5 Å². The summed E-state index contributed by atoms with van der Waals surface area (Å²) in [4.78, 5) is 7.16. The second-order valence-corrected chi connectivity index (χ2v) is 6.78. The van der Waals surface area contributed by atoms with Crippen LogP contribution in [0.1, 0.15) is 20.5 Å². The van der Waals surface area contributed by atoms with Gasteiger partial charge in [-0.25, -0.2) is 4.98 Å². The molecule has 5 heteroatoms. The highest BCUT2D eigenvalue weighted by atomic mass is 79.9. The van der Waals surface area contributed by atoms with E-state index in [0.29, 0.717) is 0 Å². The van der Waals surface area contributed by atoms with Gasteiger partial charge in [0.25, 0.3) is 0 Å². The number of hydrogen-bond acceptors (Lipinski definition) is 4. The Kier molecular flexibility index (Phi) is 4.13. The van der Waals surface area contributed by atoms with Crippen LogP contribution in [0.2, 0.25) is 0 Å².